The molecule has 12 heteroatoms. The summed E-state index contributed by atoms with van der Waals surface area (Å²) in [6.45, 7) is 3.05. The number of ether oxygens (including phenoxy) is 4. The Bertz CT molecular complexity index is 1820. The SMILES string of the molecule is COc1ccc(OC)c(N(CC(=O)N(Cc2ccccc2)C(Cc2ccccc2)C(=O)NC(C)C)S(=O)(=O)c2ccc(OC)c(OC)c2)c1. The van der Waals surface area contributed by atoms with Gasteiger partial charge in [0.2, 0.25) is 11.8 Å². The summed E-state index contributed by atoms with van der Waals surface area (Å²) in [5, 5.41) is 2.96. The molecular weight excluding hydrogens is 646 g/mol. The van der Waals surface area contributed by atoms with Crippen molar-refractivity contribution in [2.75, 3.05) is 39.3 Å². The van der Waals surface area contributed by atoms with Gasteiger partial charge >= 0.3 is 0 Å². The highest BCUT2D eigenvalue weighted by Crippen LogP contribution is 2.38. The molecule has 1 N–H and O–H groups in total. The molecule has 0 radical (unpaired) electrons. The highest BCUT2D eigenvalue weighted by molar-refractivity contribution is 7.92. The molecular formula is C37H43N3O8S. The largest absolute Gasteiger partial charge is 0.497 e. The minimum atomic E-state index is -4.48. The lowest BCUT2D eigenvalue weighted by Gasteiger charge is -2.34. The highest BCUT2D eigenvalue weighted by Gasteiger charge is 2.36. The van der Waals surface area contributed by atoms with Gasteiger partial charge in [0.15, 0.2) is 11.5 Å². The van der Waals surface area contributed by atoms with Crippen LogP contribution in [0, 0.1) is 0 Å². The second-order valence-electron chi connectivity index (χ2n) is 11.4. The van der Waals surface area contributed by atoms with Crippen molar-refractivity contribution in [2.24, 2.45) is 0 Å². The van der Waals surface area contributed by atoms with Crippen LogP contribution in [0.2, 0.25) is 0 Å². The molecule has 0 heterocycles. The van der Waals surface area contributed by atoms with E-state index in [1.807, 2.05) is 74.5 Å². The summed E-state index contributed by atoms with van der Waals surface area (Å²) in [4.78, 5) is 29.9. The van der Waals surface area contributed by atoms with E-state index in [9.17, 15) is 18.0 Å². The third-order valence-corrected chi connectivity index (χ3v) is 9.53. The summed E-state index contributed by atoms with van der Waals surface area (Å²) in [5.41, 5.74) is 1.66. The van der Waals surface area contributed by atoms with Gasteiger partial charge in [0.25, 0.3) is 10.0 Å². The molecule has 49 heavy (non-hydrogen) atoms. The van der Waals surface area contributed by atoms with E-state index < -0.39 is 28.5 Å². The number of anilines is 1. The molecule has 4 aromatic carbocycles. The Kier molecular flexibility index (Phi) is 12.5. The number of methoxy groups -OCH3 is 4. The van der Waals surface area contributed by atoms with Gasteiger partial charge in [-0.15, -0.1) is 0 Å². The summed E-state index contributed by atoms with van der Waals surface area (Å²) in [7, 11) is 1.22. The van der Waals surface area contributed by atoms with Crippen molar-refractivity contribution < 1.29 is 37.0 Å². The van der Waals surface area contributed by atoms with Crippen molar-refractivity contribution in [3.05, 3.63) is 108 Å². The van der Waals surface area contributed by atoms with Crippen LogP contribution in [0.1, 0.15) is 25.0 Å². The van der Waals surface area contributed by atoms with Crippen molar-refractivity contribution in [1.29, 1.82) is 0 Å². The quantitative estimate of drug-likeness (QED) is 0.173. The van der Waals surface area contributed by atoms with Crippen molar-refractivity contribution >= 4 is 27.5 Å². The first-order chi connectivity index (χ1) is 23.5. The predicted octanol–water partition coefficient (Wildman–Crippen LogP) is 5.08. The molecule has 0 bridgehead atoms. The fourth-order valence-corrected chi connectivity index (χ4v) is 6.76. The van der Waals surface area contributed by atoms with Crippen LogP contribution in [0.3, 0.4) is 0 Å². The highest BCUT2D eigenvalue weighted by atomic mass is 32.2. The van der Waals surface area contributed by atoms with Gasteiger partial charge < -0.3 is 29.2 Å². The summed E-state index contributed by atoms with van der Waals surface area (Å²) in [6, 6.07) is 26.3. The van der Waals surface area contributed by atoms with Crippen molar-refractivity contribution in [3.63, 3.8) is 0 Å². The van der Waals surface area contributed by atoms with Crippen LogP contribution in [-0.2, 0) is 32.6 Å². The first-order valence-electron chi connectivity index (χ1n) is 15.7. The zero-order valence-electron chi connectivity index (χ0n) is 28.6. The van der Waals surface area contributed by atoms with Crippen LogP contribution < -0.4 is 28.6 Å². The van der Waals surface area contributed by atoms with Gasteiger partial charge in [0.1, 0.15) is 24.1 Å². The molecule has 1 unspecified atom stereocenters. The lowest BCUT2D eigenvalue weighted by molar-refractivity contribution is -0.140. The van der Waals surface area contributed by atoms with E-state index in [-0.39, 0.29) is 47.0 Å². The van der Waals surface area contributed by atoms with Crippen molar-refractivity contribution in [1.82, 2.24) is 10.2 Å². The van der Waals surface area contributed by atoms with E-state index in [4.69, 9.17) is 18.9 Å². The van der Waals surface area contributed by atoms with Gasteiger partial charge in [-0.2, -0.15) is 0 Å². The molecule has 0 aromatic heterocycles. The van der Waals surface area contributed by atoms with Crippen LogP contribution in [0.5, 0.6) is 23.0 Å². The zero-order valence-corrected chi connectivity index (χ0v) is 29.4. The molecule has 260 valence electrons. The molecule has 0 fully saturated rings. The van der Waals surface area contributed by atoms with E-state index in [1.54, 1.807) is 12.1 Å². The van der Waals surface area contributed by atoms with Crippen LogP contribution in [-0.4, -0.2) is 72.2 Å². The topological polar surface area (TPSA) is 124 Å². The Labute approximate surface area is 288 Å². The fraction of sp³-hybridized carbons (Fsp3) is 0.297. The van der Waals surface area contributed by atoms with Crippen molar-refractivity contribution in [2.45, 2.75) is 43.8 Å². The summed E-state index contributed by atoms with van der Waals surface area (Å²) >= 11 is 0. The lowest BCUT2D eigenvalue weighted by atomic mass is 10.0. The number of sulfonamides is 1. The van der Waals surface area contributed by atoms with Crippen LogP contribution in [0.25, 0.3) is 0 Å². The summed E-state index contributed by atoms with van der Waals surface area (Å²) < 4.78 is 51.9. The number of amides is 2. The summed E-state index contributed by atoms with van der Waals surface area (Å²) in [5.74, 6) is 0.0678. The fourth-order valence-electron chi connectivity index (χ4n) is 5.32. The van der Waals surface area contributed by atoms with Crippen molar-refractivity contribution in [3.8, 4) is 23.0 Å². The van der Waals surface area contributed by atoms with E-state index in [2.05, 4.69) is 5.32 Å². The zero-order chi connectivity index (χ0) is 35.6. The molecule has 0 aliphatic carbocycles. The molecule has 0 aliphatic heterocycles. The van der Waals surface area contributed by atoms with Crippen LogP contribution in [0.15, 0.2) is 102 Å². The molecule has 4 aromatic rings. The maximum atomic E-state index is 14.7. The van der Waals surface area contributed by atoms with Crippen LogP contribution >= 0.6 is 0 Å². The van der Waals surface area contributed by atoms with Crippen LogP contribution in [0.4, 0.5) is 5.69 Å². The predicted molar refractivity (Wildman–Crippen MR) is 188 cm³/mol. The minimum Gasteiger partial charge on any atom is -0.497 e. The maximum absolute atomic E-state index is 14.7. The number of hydrogen-bond donors (Lipinski definition) is 1. The number of nitrogens with one attached hydrogen (secondary N) is 1. The van der Waals surface area contributed by atoms with Gasteiger partial charge in [-0.05, 0) is 49.2 Å². The first-order valence-corrected chi connectivity index (χ1v) is 17.1. The van der Waals surface area contributed by atoms with Gasteiger partial charge in [-0.3, -0.25) is 13.9 Å². The van der Waals surface area contributed by atoms with Gasteiger partial charge in [-0.25, -0.2) is 8.42 Å². The van der Waals surface area contributed by atoms with E-state index in [1.165, 1.54) is 57.6 Å². The second kappa shape index (κ2) is 16.7. The normalized spacial score (nSPS) is 11.7. The van der Waals surface area contributed by atoms with E-state index in [0.717, 1.165) is 15.4 Å². The number of hydrogen-bond acceptors (Lipinski definition) is 8. The molecule has 0 spiro atoms. The van der Waals surface area contributed by atoms with E-state index >= 15 is 0 Å². The number of carbonyl (C=O) groups excluding carboxylic acids is 2. The third-order valence-electron chi connectivity index (χ3n) is 7.77. The Morgan fingerprint density at radius 2 is 1.31 bits per heavy atom. The average molecular weight is 690 g/mol. The second-order valence-corrected chi connectivity index (χ2v) is 13.3. The number of nitrogens with zero attached hydrogens (tertiary/aromatic N) is 2. The van der Waals surface area contributed by atoms with Gasteiger partial charge in [0, 0.05) is 31.1 Å². The van der Waals surface area contributed by atoms with Gasteiger partial charge in [-0.1, -0.05) is 60.7 Å². The third kappa shape index (κ3) is 9.02. The monoisotopic (exact) mass is 689 g/mol. The maximum Gasteiger partial charge on any atom is 0.265 e. The van der Waals surface area contributed by atoms with E-state index in [0.29, 0.717) is 11.5 Å². The standard InChI is InChI=1S/C37H43N3O8S/c1-26(2)38-37(42)32(21-27-13-9-7-10-14-27)39(24-28-15-11-8-12-16-28)36(41)25-40(31-22-29(45-3)17-19-33(31)46-4)49(43,44)30-18-20-34(47-5)35(23-30)48-6/h7-20,22-23,26,32H,21,24-25H2,1-6H3,(H,38,42). The Morgan fingerprint density at radius 1 is 0.714 bits per heavy atom. The minimum absolute atomic E-state index is 0.0438. The first kappa shape index (κ1) is 36.6. The Balaban J connectivity index is 1.89. The Morgan fingerprint density at radius 3 is 1.88 bits per heavy atom. The number of rotatable bonds is 16. The molecule has 11 nitrogen and oxygen atoms in total. The number of benzene rings is 4. The average Bonchev–Trinajstić information content (AvgIpc) is 3.11. The molecule has 0 saturated heterocycles. The van der Waals surface area contributed by atoms with Gasteiger partial charge in [0.05, 0.1) is 39.0 Å². The molecule has 4 rings (SSSR count). The number of carbonyl (C=O) groups is 2. The molecule has 0 saturated carbocycles. The molecule has 2 amide bonds. The molecule has 0 aliphatic rings. The smallest absolute Gasteiger partial charge is 0.265 e. The lowest BCUT2D eigenvalue weighted by Crippen LogP contribution is -2.54. The molecule has 1 atom stereocenters. The summed E-state index contributed by atoms with van der Waals surface area (Å²) in [6.07, 6.45) is 0.197. The Hall–Kier alpha value is -5.23.